The van der Waals surface area contributed by atoms with Crippen molar-refractivity contribution in [2.24, 2.45) is 0 Å². The van der Waals surface area contributed by atoms with Crippen LogP contribution in [0.2, 0.25) is 0 Å². The molecule has 4 heteroatoms. The number of hydrogen-bond donors (Lipinski definition) is 1. The Morgan fingerprint density at radius 3 is 2.93 bits per heavy atom. The fourth-order valence-corrected chi connectivity index (χ4v) is 3.32. The highest BCUT2D eigenvalue weighted by Gasteiger charge is 2.14. The van der Waals surface area contributed by atoms with Crippen molar-refractivity contribution in [3.8, 4) is 0 Å². The average molecular weight is 230 g/mol. The van der Waals surface area contributed by atoms with E-state index >= 15 is 0 Å². The van der Waals surface area contributed by atoms with Crippen molar-refractivity contribution < 1.29 is 4.74 Å². The third kappa shape index (κ3) is 4.31. The van der Waals surface area contributed by atoms with Crippen LogP contribution in [0.5, 0.6) is 0 Å². The summed E-state index contributed by atoms with van der Waals surface area (Å²) in [5.74, 6) is 2.67. The Bertz CT molecular complexity index is 168. The molecule has 2 rings (SSSR count). The molecule has 0 unspecified atom stereocenters. The zero-order valence-electron chi connectivity index (χ0n) is 9.41. The SMILES string of the molecule is C(CN[C@H]1CCSC1)CN1CCOCC1. The van der Waals surface area contributed by atoms with Crippen LogP contribution in [0.3, 0.4) is 0 Å². The Hall–Kier alpha value is 0.230. The maximum absolute atomic E-state index is 5.33. The molecule has 0 aromatic rings. The van der Waals surface area contributed by atoms with Gasteiger partial charge in [0.1, 0.15) is 0 Å². The molecule has 2 fully saturated rings. The number of morpholine rings is 1. The summed E-state index contributed by atoms with van der Waals surface area (Å²) in [5, 5.41) is 3.64. The normalized spacial score (nSPS) is 28.4. The van der Waals surface area contributed by atoms with Gasteiger partial charge in [-0.3, -0.25) is 4.90 Å². The van der Waals surface area contributed by atoms with Gasteiger partial charge in [-0.2, -0.15) is 11.8 Å². The van der Waals surface area contributed by atoms with Gasteiger partial charge in [0.15, 0.2) is 0 Å². The molecule has 3 nitrogen and oxygen atoms in total. The summed E-state index contributed by atoms with van der Waals surface area (Å²) in [6.45, 7) is 6.51. The lowest BCUT2D eigenvalue weighted by Crippen LogP contribution is -2.38. The standard InChI is InChI=1S/C11H22N2OS/c1(3-12-11-2-9-15-10-11)4-13-5-7-14-8-6-13/h11-12H,1-10H2/t11-/m0/s1. The van der Waals surface area contributed by atoms with Gasteiger partial charge in [0.05, 0.1) is 13.2 Å². The van der Waals surface area contributed by atoms with E-state index in [0.29, 0.717) is 0 Å². The fourth-order valence-electron chi connectivity index (χ4n) is 2.13. The number of hydrogen-bond acceptors (Lipinski definition) is 4. The number of ether oxygens (including phenoxy) is 1. The summed E-state index contributed by atoms with van der Waals surface area (Å²) in [6, 6.07) is 0.791. The second-order valence-electron chi connectivity index (χ2n) is 4.32. The first-order valence-electron chi connectivity index (χ1n) is 6.06. The molecule has 1 N–H and O–H groups in total. The highest BCUT2D eigenvalue weighted by Crippen LogP contribution is 2.16. The van der Waals surface area contributed by atoms with Crippen LogP contribution < -0.4 is 5.32 Å². The maximum Gasteiger partial charge on any atom is 0.0594 e. The van der Waals surface area contributed by atoms with Crippen molar-refractivity contribution in [2.45, 2.75) is 18.9 Å². The Labute approximate surface area is 96.9 Å². The van der Waals surface area contributed by atoms with Crippen LogP contribution in [0.15, 0.2) is 0 Å². The third-order valence-corrected chi connectivity index (χ3v) is 4.28. The lowest BCUT2D eigenvalue weighted by molar-refractivity contribution is 0.0374. The smallest absolute Gasteiger partial charge is 0.0594 e. The van der Waals surface area contributed by atoms with E-state index in [-0.39, 0.29) is 0 Å². The van der Waals surface area contributed by atoms with Gasteiger partial charge < -0.3 is 10.1 Å². The van der Waals surface area contributed by atoms with E-state index in [4.69, 9.17) is 4.74 Å². The Morgan fingerprint density at radius 1 is 1.33 bits per heavy atom. The zero-order valence-corrected chi connectivity index (χ0v) is 10.2. The molecular weight excluding hydrogens is 208 g/mol. The van der Waals surface area contributed by atoms with Gasteiger partial charge in [-0.15, -0.1) is 0 Å². The van der Waals surface area contributed by atoms with Gasteiger partial charge in [-0.1, -0.05) is 0 Å². The minimum Gasteiger partial charge on any atom is -0.379 e. The Morgan fingerprint density at radius 2 is 2.20 bits per heavy atom. The van der Waals surface area contributed by atoms with Gasteiger partial charge in [-0.25, -0.2) is 0 Å². The quantitative estimate of drug-likeness (QED) is 0.706. The molecule has 0 spiro atoms. The van der Waals surface area contributed by atoms with Crippen LogP contribution in [-0.4, -0.2) is 61.8 Å². The van der Waals surface area contributed by atoms with Crippen LogP contribution in [0.4, 0.5) is 0 Å². The summed E-state index contributed by atoms with van der Waals surface area (Å²) in [6.07, 6.45) is 2.64. The molecule has 0 aliphatic carbocycles. The maximum atomic E-state index is 5.33. The molecule has 88 valence electrons. The molecule has 2 saturated heterocycles. The van der Waals surface area contributed by atoms with E-state index in [2.05, 4.69) is 22.0 Å². The molecule has 0 aromatic heterocycles. The molecule has 0 bridgehead atoms. The highest BCUT2D eigenvalue weighted by atomic mass is 32.2. The number of thioether (sulfide) groups is 1. The summed E-state index contributed by atoms with van der Waals surface area (Å²) in [5.41, 5.74) is 0. The Kier molecular flexibility index (Phi) is 5.26. The summed E-state index contributed by atoms with van der Waals surface area (Å²) >= 11 is 2.08. The first kappa shape index (κ1) is 11.7. The number of nitrogens with one attached hydrogen (secondary N) is 1. The minimum atomic E-state index is 0.791. The molecule has 0 radical (unpaired) electrons. The van der Waals surface area contributed by atoms with Gasteiger partial charge in [0, 0.05) is 24.9 Å². The minimum absolute atomic E-state index is 0.791. The number of nitrogens with zero attached hydrogens (tertiary/aromatic N) is 1. The number of rotatable bonds is 5. The second-order valence-corrected chi connectivity index (χ2v) is 5.47. The average Bonchev–Trinajstić information content (AvgIpc) is 2.79. The van der Waals surface area contributed by atoms with Crippen molar-refractivity contribution >= 4 is 11.8 Å². The van der Waals surface area contributed by atoms with Gasteiger partial charge >= 0.3 is 0 Å². The predicted octanol–water partition coefficient (Wildman–Crippen LogP) is 0.804. The van der Waals surface area contributed by atoms with E-state index in [9.17, 15) is 0 Å². The van der Waals surface area contributed by atoms with E-state index in [0.717, 1.165) is 32.3 Å². The monoisotopic (exact) mass is 230 g/mol. The summed E-state index contributed by atoms with van der Waals surface area (Å²) in [7, 11) is 0. The molecule has 2 heterocycles. The van der Waals surface area contributed by atoms with Crippen molar-refractivity contribution in [3.05, 3.63) is 0 Å². The molecule has 0 aromatic carbocycles. The van der Waals surface area contributed by atoms with Crippen LogP contribution >= 0.6 is 11.8 Å². The van der Waals surface area contributed by atoms with Crippen LogP contribution in [0.1, 0.15) is 12.8 Å². The highest BCUT2D eigenvalue weighted by molar-refractivity contribution is 7.99. The molecule has 15 heavy (non-hydrogen) atoms. The van der Waals surface area contributed by atoms with Gasteiger partial charge in [-0.05, 0) is 31.7 Å². The summed E-state index contributed by atoms with van der Waals surface area (Å²) < 4.78 is 5.33. The van der Waals surface area contributed by atoms with Crippen LogP contribution in [0.25, 0.3) is 0 Å². The molecule has 2 aliphatic rings. The molecular formula is C11H22N2OS. The van der Waals surface area contributed by atoms with Gasteiger partial charge in [0.2, 0.25) is 0 Å². The lowest BCUT2D eigenvalue weighted by atomic mass is 10.2. The lowest BCUT2D eigenvalue weighted by Gasteiger charge is -2.26. The molecule has 0 saturated carbocycles. The van der Waals surface area contributed by atoms with E-state index in [1.165, 1.54) is 37.4 Å². The van der Waals surface area contributed by atoms with Crippen LogP contribution in [0, 0.1) is 0 Å². The molecule has 0 amide bonds. The van der Waals surface area contributed by atoms with Crippen molar-refractivity contribution in [1.82, 2.24) is 10.2 Å². The van der Waals surface area contributed by atoms with E-state index in [1.54, 1.807) is 0 Å². The first-order valence-corrected chi connectivity index (χ1v) is 7.22. The fraction of sp³-hybridized carbons (Fsp3) is 1.00. The molecule has 2 aliphatic heterocycles. The van der Waals surface area contributed by atoms with Crippen molar-refractivity contribution in [3.63, 3.8) is 0 Å². The zero-order chi connectivity index (χ0) is 10.3. The van der Waals surface area contributed by atoms with Crippen molar-refractivity contribution in [1.29, 1.82) is 0 Å². The third-order valence-electron chi connectivity index (χ3n) is 3.12. The van der Waals surface area contributed by atoms with Crippen molar-refractivity contribution in [2.75, 3.05) is 50.9 Å². The van der Waals surface area contributed by atoms with Gasteiger partial charge in [0.25, 0.3) is 0 Å². The second kappa shape index (κ2) is 6.74. The van der Waals surface area contributed by atoms with E-state index < -0.39 is 0 Å². The van der Waals surface area contributed by atoms with E-state index in [1.807, 2.05) is 0 Å². The largest absolute Gasteiger partial charge is 0.379 e. The van der Waals surface area contributed by atoms with Crippen LogP contribution in [-0.2, 0) is 4.74 Å². The first-order chi connectivity index (χ1) is 7.45. The molecule has 1 atom stereocenters. The summed E-state index contributed by atoms with van der Waals surface area (Å²) in [4.78, 5) is 2.51. The Balaban J connectivity index is 1.47. The predicted molar refractivity (Wildman–Crippen MR) is 65.6 cm³/mol. The topological polar surface area (TPSA) is 24.5 Å².